The SMILES string of the molecule is CCCCC(=O)OC.COC(=O)OC. The van der Waals surface area contributed by atoms with Crippen LogP contribution in [0.4, 0.5) is 4.79 Å². The normalized spacial score (nSPS) is 8.00. The molecule has 0 aromatic rings. The summed E-state index contributed by atoms with van der Waals surface area (Å²) in [7, 11) is 3.93. The third-order valence-electron chi connectivity index (χ3n) is 1.30. The highest BCUT2D eigenvalue weighted by Crippen LogP contribution is 1.94. The molecule has 0 radical (unpaired) electrons. The Kier molecular flexibility index (Phi) is 12.8. The molecule has 0 N–H and O–H groups in total. The highest BCUT2D eigenvalue weighted by molar-refractivity contribution is 5.68. The molecule has 0 heterocycles. The number of carbonyl (C=O) groups is 2. The van der Waals surface area contributed by atoms with E-state index in [-0.39, 0.29) is 5.97 Å². The van der Waals surface area contributed by atoms with Crippen molar-refractivity contribution >= 4 is 12.1 Å². The summed E-state index contributed by atoms with van der Waals surface area (Å²) in [6.45, 7) is 2.04. The lowest BCUT2D eigenvalue weighted by Gasteiger charge is -1.93. The number of hydrogen-bond donors (Lipinski definition) is 0. The van der Waals surface area contributed by atoms with E-state index in [2.05, 4.69) is 14.2 Å². The Bertz CT molecular complexity index is 149. The van der Waals surface area contributed by atoms with Crippen molar-refractivity contribution in [3.05, 3.63) is 0 Å². The molecule has 0 aliphatic heterocycles. The molecule has 14 heavy (non-hydrogen) atoms. The van der Waals surface area contributed by atoms with Crippen LogP contribution in [0.1, 0.15) is 26.2 Å². The van der Waals surface area contributed by atoms with E-state index in [4.69, 9.17) is 0 Å². The molecule has 0 unspecified atom stereocenters. The van der Waals surface area contributed by atoms with Crippen LogP contribution in [0.5, 0.6) is 0 Å². The van der Waals surface area contributed by atoms with Crippen molar-refractivity contribution in [1.82, 2.24) is 0 Å². The van der Waals surface area contributed by atoms with Crippen LogP contribution in [0.2, 0.25) is 0 Å². The van der Waals surface area contributed by atoms with Gasteiger partial charge in [0.25, 0.3) is 0 Å². The van der Waals surface area contributed by atoms with Gasteiger partial charge in [0.2, 0.25) is 0 Å². The van der Waals surface area contributed by atoms with Gasteiger partial charge in [-0.2, -0.15) is 0 Å². The first-order valence-corrected chi connectivity index (χ1v) is 4.31. The van der Waals surface area contributed by atoms with Crippen LogP contribution >= 0.6 is 0 Å². The van der Waals surface area contributed by atoms with Crippen molar-refractivity contribution < 1.29 is 23.8 Å². The van der Waals surface area contributed by atoms with Crippen molar-refractivity contribution in [3.63, 3.8) is 0 Å². The van der Waals surface area contributed by atoms with Crippen LogP contribution in [0.25, 0.3) is 0 Å². The van der Waals surface area contributed by atoms with Crippen molar-refractivity contribution in [1.29, 1.82) is 0 Å². The molecule has 0 rings (SSSR count). The lowest BCUT2D eigenvalue weighted by atomic mass is 10.3. The second kappa shape index (κ2) is 11.7. The van der Waals surface area contributed by atoms with Gasteiger partial charge in [0.15, 0.2) is 0 Å². The molecule has 0 saturated heterocycles. The molecular weight excluding hydrogens is 188 g/mol. The fraction of sp³-hybridized carbons (Fsp3) is 0.778. The molecule has 0 bridgehead atoms. The molecule has 0 amide bonds. The van der Waals surface area contributed by atoms with Crippen LogP contribution in [0.15, 0.2) is 0 Å². The maximum atomic E-state index is 10.3. The van der Waals surface area contributed by atoms with Crippen LogP contribution in [0.3, 0.4) is 0 Å². The van der Waals surface area contributed by atoms with Crippen molar-refractivity contribution in [2.24, 2.45) is 0 Å². The lowest BCUT2D eigenvalue weighted by molar-refractivity contribution is -0.140. The average molecular weight is 206 g/mol. The van der Waals surface area contributed by atoms with Crippen LogP contribution in [-0.4, -0.2) is 33.5 Å². The first kappa shape index (κ1) is 15.2. The maximum Gasteiger partial charge on any atom is 0.507 e. The van der Waals surface area contributed by atoms with Crippen LogP contribution in [-0.2, 0) is 19.0 Å². The molecule has 0 saturated carbocycles. The number of rotatable bonds is 3. The Morgan fingerprint density at radius 2 is 1.50 bits per heavy atom. The molecule has 5 heteroatoms. The minimum atomic E-state index is -0.657. The summed E-state index contributed by atoms with van der Waals surface area (Å²) >= 11 is 0. The monoisotopic (exact) mass is 206 g/mol. The Balaban J connectivity index is 0. The zero-order chi connectivity index (χ0) is 11.4. The molecule has 0 aliphatic rings. The topological polar surface area (TPSA) is 61.8 Å². The molecule has 0 aromatic carbocycles. The zero-order valence-corrected chi connectivity index (χ0v) is 9.16. The third-order valence-corrected chi connectivity index (χ3v) is 1.30. The highest BCUT2D eigenvalue weighted by Gasteiger charge is 1.95. The van der Waals surface area contributed by atoms with Gasteiger partial charge in [0.1, 0.15) is 0 Å². The van der Waals surface area contributed by atoms with Gasteiger partial charge in [0.05, 0.1) is 21.3 Å². The van der Waals surface area contributed by atoms with E-state index in [0.717, 1.165) is 12.8 Å². The van der Waals surface area contributed by atoms with E-state index < -0.39 is 6.16 Å². The number of esters is 1. The Labute approximate surface area is 84.3 Å². The summed E-state index contributed by atoms with van der Waals surface area (Å²) in [6, 6.07) is 0. The summed E-state index contributed by atoms with van der Waals surface area (Å²) in [5.74, 6) is -0.105. The standard InChI is InChI=1S/C6H12O2.C3H6O3/c1-3-4-5-6(7)8-2;1-5-3(4)6-2/h3-5H2,1-2H3;1-2H3. The fourth-order valence-corrected chi connectivity index (χ4v) is 0.507. The van der Waals surface area contributed by atoms with Crippen molar-refractivity contribution in [3.8, 4) is 0 Å². The summed E-state index contributed by atoms with van der Waals surface area (Å²) in [5, 5.41) is 0. The van der Waals surface area contributed by atoms with Gasteiger partial charge in [-0.1, -0.05) is 13.3 Å². The predicted octanol–water partition coefficient (Wildman–Crippen LogP) is 1.75. The first-order valence-electron chi connectivity index (χ1n) is 4.31. The molecule has 0 aliphatic carbocycles. The summed E-state index contributed by atoms with van der Waals surface area (Å²) in [5.41, 5.74) is 0. The molecule has 0 aromatic heterocycles. The predicted molar refractivity (Wildman–Crippen MR) is 51.0 cm³/mol. The zero-order valence-electron chi connectivity index (χ0n) is 9.16. The minimum absolute atomic E-state index is 0.105. The molecular formula is C9H18O5. The van der Waals surface area contributed by atoms with Gasteiger partial charge in [-0.3, -0.25) is 4.79 Å². The van der Waals surface area contributed by atoms with Gasteiger partial charge in [-0.25, -0.2) is 4.79 Å². The van der Waals surface area contributed by atoms with E-state index in [1.54, 1.807) is 0 Å². The molecule has 5 nitrogen and oxygen atoms in total. The van der Waals surface area contributed by atoms with Gasteiger partial charge in [0, 0.05) is 6.42 Å². The summed E-state index contributed by atoms with van der Waals surface area (Å²) in [4.78, 5) is 20.1. The Morgan fingerprint density at radius 1 is 1.00 bits per heavy atom. The Morgan fingerprint density at radius 3 is 1.71 bits per heavy atom. The Hall–Kier alpha value is -1.26. The largest absolute Gasteiger partial charge is 0.507 e. The average Bonchev–Trinajstić information content (AvgIpc) is 2.25. The maximum absolute atomic E-state index is 10.3. The van der Waals surface area contributed by atoms with E-state index in [1.165, 1.54) is 21.3 Å². The number of unbranched alkanes of at least 4 members (excludes halogenated alkanes) is 1. The van der Waals surface area contributed by atoms with Gasteiger partial charge < -0.3 is 14.2 Å². The van der Waals surface area contributed by atoms with Crippen LogP contribution in [0, 0.1) is 0 Å². The molecule has 0 spiro atoms. The van der Waals surface area contributed by atoms with E-state index in [0.29, 0.717) is 6.42 Å². The lowest BCUT2D eigenvalue weighted by Crippen LogP contribution is -1.98. The van der Waals surface area contributed by atoms with Gasteiger partial charge in [-0.15, -0.1) is 0 Å². The van der Waals surface area contributed by atoms with Crippen LogP contribution < -0.4 is 0 Å². The number of hydrogen-bond acceptors (Lipinski definition) is 5. The van der Waals surface area contributed by atoms with E-state index in [1.807, 2.05) is 6.92 Å². The summed E-state index contributed by atoms with van der Waals surface area (Å²) in [6.07, 6.45) is 1.89. The summed E-state index contributed by atoms with van der Waals surface area (Å²) < 4.78 is 12.5. The minimum Gasteiger partial charge on any atom is -0.469 e. The van der Waals surface area contributed by atoms with E-state index in [9.17, 15) is 9.59 Å². The number of carbonyl (C=O) groups excluding carboxylic acids is 2. The quantitative estimate of drug-likeness (QED) is 0.658. The highest BCUT2D eigenvalue weighted by atomic mass is 16.7. The van der Waals surface area contributed by atoms with Crippen molar-refractivity contribution in [2.45, 2.75) is 26.2 Å². The van der Waals surface area contributed by atoms with Gasteiger partial charge in [-0.05, 0) is 6.42 Å². The second-order valence-electron chi connectivity index (χ2n) is 2.34. The smallest absolute Gasteiger partial charge is 0.469 e. The number of methoxy groups -OCH3 is 3. The first-order chi connectivity index (χ1) is 6.62. The van der Waals surface area contributed by atoms with Gasteiger partial charge >= 0.3 is 12.1 Å². The third kappa shape index (κ3) is 13.3. The fourth-order valence-electron chi connectivity index (χ4n) is 0.507. The second-order valence-corrected chi connectivity index (χ2v) is 2.34. The molecule has 0 fully saturated rings. The molecule has 84 valence electrons. The number of ether oxygens (including phenoxy) is 3. The molecule has 0 atom stereocenters. The van der Waals surface area contributed by atoms with E-state index >= 15 is 0 Å². The van der Waals surface area contributed by atoms with Crippen molar-refractivity contribution in [2.75, 3.05) is 21.3 Å².